The van der Waals surface area contributed by atoms with Gasteiger partial charge in [-0.25, -0.2) is 0 Å². The molecule has 0 saturated heterocycles. The van der Waals surface area contributed by atoms with Gasteiger partial charge in [-0.2, -0.15) is 0 Å². The largest absolute Gasteiger partial charge is 0.393 e. The van der Waals surface area contributed by atoms with Crippen molar-refractivity contribution in [2.24, 2.45) is 62.4 Å². The van der Waals surface area contributed by atoms with E-state index in [4.69, 9.17) is 5.73 Å². The van der Waals surface area contributed by atoms with Crippen LogP contribution in [-0.2, 0) is 4.79 Å². The van der Waals surface area contributed by atoms with Gasteiger partial charge in [-0.1, -0.05) is 92.2 Å². The molecule has 4 saturated carbocycles. The zero-order valence-corrected chi connectivity index (χ0v) is 29.2. The summed E-state index contributed by atoms with van der Waals surface area (Å²) in [6.45, 7) is 19.1. The number of nitrogens with two attached hydrogens (primary N) is 1. The third kappa shape index (κ3) is 5.29. The van der Waals surface area contributed by atoms with Gasteiger partial charge in [0.25, 0.3) is 0 Å². The number of aliphatic hydroxyl groups excluding tert-OH is 1. The summed E-state index contributed by atoms with van der Waals surface area (Å²) in [5, 5.41) is 14.6. The van der Waals surface area contributed by atoms with Gasteiger partial charge in [0.15, 0.2) is 0 Å². The number of carbonyl (C=O) groups is 1. The Bertz CT molecular complexity index is 1040. The lowest BCUT2D eigenvalue weighted by molar-refractivity contribution is -0.204. The summed E-state index contributed by atoms with van der Waals surface area (Å²) >= 11 is 0. The normalized spacial score (nSPS) is 45.2. The molecule has 0 radical (unpaired) electrons. The molecule has 246 valence electrons. The number of unbranched alkanes of at least 4 members (excludes halogenated alkanes) is 6. The van der Waals surface area contributed by atoms with E-state index in [2.05, 4.69) is 59.9 Å². The van der Waals surface area contributed by atoms with Gasteiger partial charge >= 0.3 is 0 Å². The molecular formula is C39H68N2O2. The fourth-order valence-electron chi connectivity index (χ4n) is 12.4. The highest BCUT2D eigenvalue weighted by Crippen LogP contribution is 2.75. The molecule has 1 amide bonds. The Labute approximate surface area is 265 Å². The molecule has 5 aliphatic carbocycles. The number of amides is 1. The van der Waals surface area contributed by atoms with E-state index >= 15 is 0 Å². The Morgan fingerprint density at radius 2 is 1.53 bits per heavy atom. The van der Waals surface area contributed by atoms with E-state index in [1.165, 1.54) is 51.4 Å². The van der Waals surface area contributed by atoms with Crippen LogP contribution in [0, 0.1) is 56.7 Å². The van der Waals surface area contributed by atoms with E-state index in [9.17, 15) is 9.90 Å². The third-order valence-corrected chi connectivity index (χ3v) is 15.6. The van der Waals surface area contributed by atoms with Gasteiger partial charge in [0.2, 0.25) is 5.91 Å². The van der Waals surface area contributed by atoms with Gasteiger partial charge in [0.1, 0.15) is 0 Å². The number of hydrogen-bond donors (Lipinski definition) is 3. The predicted octanol–water partition coefficient (Wildman–Crippen LogP) is 8.81. The Morgan fingerprint density at radius 3 is 2.23 bits per heavy atom. The van der Waals surface area contributed by atoms with E-state index in [1.807, 2.05) is 0 Å². The highest BCUT2D eigenvalue weighted by molar-refractivity contribution is 5.84. The summed E-state index contributed by atoms with van der Waals surface area (Å²) in [7, 11) is 0. The number of hydrogen-bond acceptors (Lipinski definition) is 3. The summed E-state index contributed by atoms with van der Waals surface area (Å²) in [5.41, 5.74) is 7.70. The van der Waals surface area contributed by atoms with Crippen LogP contribution in [0.25, 0.3) is 0 Å². The molecule has 0 unspecified atom stereocenters. The van der Waals surface area contributed by atoms with Crippen LogP contribution < -0.4 is 11.1 Å². The van der Waals surface area contributed by atoms with E-state index < -0.39 is 0 Å². The Morgan fingerprint density at radius 1 is 0.860 bits per heavy atom. The zero-order chi connectivity index (χ0) is 31.3. The first-order valence-electron chi connectivity index (χ1n) is 18.7. The van der Waals surface area contributed by atoms with Gasteiger partial charge in [0, 0.05) is 6.54 Å². The van der Waals surface area contributed by atoms with Crippen LogP contribution in [0.2, 0.25) is 0 Å². The van der Waals surface area contributed by atoms with Gasteiger partial charge < -0.3 is 16.2 Å². The first kappa shape index (κ1) is 33.5. The van der Waals surface area contributed by atoms with Crippen LogP contribution in [0.5, 0.6) is 0 Å². The molecule has 0 spiro atoms. The summed E-state index contributed by atoms with van der Waals surface area (Å²) in [4.78, 5) is 14.3. The molecule has 0 aromatic rings. The van der Waals surface area contributed by atoms with Crippen molar-refractivity contribution in [3.63, 3.8) is 0 Å². The second-order valence-corrected chi connectivity index (χ2v) is 17.7. The van der Waals surface area contributed by atoms with Crippen LogP contribution in [0.4, 0.5) is 0 Å². The van der Waals surface area contributed by atoms with Gasteiger partial charge in [-0.15, -0.1) is 0 Å². The van der Waals surface area contributed by atoms with Crippen LogP contribution in [0.1, 0.15) is 151 Å². The Hall–Kier alpha value is -0.870. The number of nitrogens with one attached hydrogen (secondary N) is 1. The monoisotopic (exact) mass is 597 g/mol. The fourth-order valence-corrected chi connectivity index (χ4v) is 12.4. The molecule has 4 fully saturated rings. The first-order valence-corrected chi connectivity index (χ1v) is 18.7. The molecule has 0 aromatic heterocycles. The summed E-state index contributed by atoms with van der Waals surface area (Å²) < 4.78 is 0. The SMILES string of the molecule is C[C@H]1[C@H](C)CC[C@]2(C(=O)NCCCCCCCCCN)CC[C@]3(C)C(=CC[C@@H]4[C@@]5(C)CC[C@H](O)C(C)(C)[C@@H]5CC[C@]43C)[C@H]12. The molecule has 5 aliphatic rings. The topological polar surface area (TPSA) is 75.4 Å². The second-order valence-electron chi connectivity index (χ2n) is 17.7. The molecule has 5 rings (SSSR count). The maximum Gasteiger partial charge on any atom is 0.226 e. The van der Waals surface area contributed by atoms with Crippen LogP contribution in [0.15, 0.2) is 11.6 Å². The molecule has 43 heavy (non-hydrogen) atoms. The number of aliphatic hydroxyl groups is 1. The lowest BCUT2D eigenvalue weighted by atomic mass is 9.33. The van der Waals surface area contributed by atoms with Crippen molar-refractivity contribution in [1.82, 2.24) is 5.32 Å². The first-order chi connectivity index (χ1) is 20.3. The quantitative estimate of drug-likeness (QED) is 0.174. The number of fused-ring (bicyclic) bond motifs is 7. The zero-order valence-electron chi connectivity index (χ0n) is 29.2. The molecular weight excluding hydrogens is 528 g/mol. The van der Waals surface area contributed by atoms with Crippen LogP contribution >= 0.6 is 0 Å². The molecule has 0 heterocycles. The smallest absolute Gasteiger partial charge is 0.226 e. The fraction of sp³-hybridized carbons (Fsp3) is 0.923. The second kappa shape index (κ2) is 12.4. The number of carbonyl (C=O) groups excluding carboxylic acids is 1. The molecule has 0 bridgehead atoms. The average molecular weight is 597 g/mol. The van der Waals surface area contributed by atoms with Gasteiger partial charge in [-0.05, 0) is 128 Å². The standard InChI is InChI=1S/C39H68N2O2/c1-27-17-22-39(34(43)41-26-14-12-10-8-9-11-13-25-40)24-23-37(6)29(33(39)28(27)2)15-16-31-36(5)20-19-32(42)35(3,4)30(36)18-21-38(31,37)7/h15,27-28,30-33,42H,8-14,16-26,40H2,1-7H3,(H,41,43)/t27-,28+,30+,31-,32+,33+,36+,37-,38-,39+/m1/s1. The minimum absolute atomic E-state index is 0.0170. The van der Waals surface area contributed by atoms with E-state index in [-0.39, 0.29) is 33.2 Å². The number of allylic oxidation sites excluding steroid dienone is 2. The highest BCUT2D eigenvalue weighted by atomic mass is 16.3. The van der Waals surface area contributed by atoms with E-state index in [1.54, 1.807) is 5.57 Å². The summed E-state index contributed by atoms with van der Waals surface area (Å²) in [6.07, 6.45) is 21.2. The van der Waals surface area contributed by atoms with Crippen molar-refractivity contribution >= 4 is 5.91 Å². The van der Waals surface area contributed by atoms with Crippen molar-refractivity contribution in [3.8, 4) is 0 Å². The van der Waals surface area contributed by atoms with Crippen molar-refractivity contribution in [2.45, 2.75) is 157 Å². The van der Waals surface area contributed by atoms with Gasteiger partial charge in [0.05, 0.1) is 11.5 Å². The molecule has 0 aromatic carbocycles. The Balaban J connectivity index is 1.36. The highest BCUT2D eigenvalue weighted by Gasteiger charge is 2.69. The third-order valence-electron chi connectivity index (χ3n) is 15.6. The molecule has 0 aliphatic heterocycles. The molecule has 4 nitrogen and oxygen atoms in total. The average Bonchev–Trinajstić information content (AvgIpc) is 2.96. The number of rotatable bonds is 10. The lowest BCUT2D eigenvalue weighted by Crippen LogP contribution is -2.66. The van der Waals surface area contributed by atoms with Crippen LogP contribution in [-0.4, -0.2) is 30.2 Å². The predicted molar refractivity (Wildman–Crippen MR) is 179 cm³/mol. The Kier molecular flexibility index (Phi) is 9.65. The maximum absolute atomic E-state index is 14.3. The summed E-state index contributed by atoms with van der Waals surface area (Å²) in [6, 6.07) is 0. The maximum atomic E-state index is 14.3. The molecule has 10 atom stereocenters. The molecule has 4 N–H and O–H groups in total. The van der Waals surface area contributed by atoms with E-state index in [0.717, 1.165) is 64.5 Å². The minimum atomic E-state index is -0.235. The summed E-state index contributed by atoms with van der Waals surface area (Å²) in [5.74, 6) is 3.15. The molecule has 4 heteroatoms. The van der Waals surface area contributed by atoms with Crippen LogP contribution in [0.3, 0.4) is 0 Å². The van der Waals surface area contributed by atoms with Gasteiger partial charge in [-0.3, -0.25) is 4.79 Å². The minimum Gasteiger partial charge on any atom is -0.393 e. The van der Waals surface area contributed by atoms with Crippen molar-refractivity contribution in [2.75, 3.05) is 13.1 Å². The van der Waals surface area contributed by atoms with Crippen molar-refractivity contribution in [3.05, 3.63) is 11.6 Å². The van der Waals surface area contributed by atoms with Crippen molar-refractivity contribution in [1.29, 1.82) is 0 Å². The lowest BCUT2D eigenvalue weighted by Gasteiger charge is -2.71. The van der Waals surface area contributed by atoms with E-state index in [0.29, 0.717) is 35.5 Å². The van der Waals surface area contributed by atoms with Crippen molar-refractivity contribution < 1.29 is 9.90 Å².